The molecule has 0 bridgehead atoms. The quantitative estimate of drug-likeness (QED) is 0.803. The van der Waals surface area contributed by atoms with Gasteiger partial charge in [-0.3, -0.25) is 14.3 Å². The number of rotatable bonds is 3. The Morgan fingerprint density at radius 1 is 1.47 bits per heavy atom. The lowest BCUT2D eigenvalue weighted by Crippen LogP contribution is -2.33. The average molecular weight is 216 g/mol. The fraction of sp³-hybridized carbons (Fsp3) is 0.556. The molecule has 0 unspecified atom stereocenters. The van der Waals surface area contributed by atoms with E-state index in [9.17, 15) is 18.4 Å². The summed E-state index contributed by atoms with van der Waals surface area (Å²) in [7, 11) is 0. The molecule has 0 radical (unpaired) electrons. The molecule has 0 aromatic carbocycles. The number of nitrogens with zero attached hydrogens (tertiary/aromatic N) is 1. The number of H-pyrrole nitrogens is 1. The summed E-state index contributed by atoms with van der Waals surface area (Å²) in [6.45, 7) is -0.0275. The Balaban J connectivity index is 2.26. The fourth-order valence-corrected chi connectivity index (χ4v) is 1.51. The maximum atomic E-state index is 12.6. The highest BCUT2D eigenvalue weighted by molar-refractivity contribution is 4.97. The number of aromatic amines is 1. The van der Waals surface area contributed by atoms with Crippen LogP contribution in [0.25, 0.3) is 0 Å². The summed E-state index contributed by atoms with van der Waals surface area (Å²) in [5.74, 6) is 0. The normalized spacial score (nSPS) is 18.1. The van der Waals surface area contributed by atoms with Crippen molar-refractivity contribution in [2.45, 2.75) is 25.8 Å². The maximum absolute atomic E-state index is 12.6. The van der Waals surface area contributed by atoms with E-state index in [0.717, 1.165) is 10.6 Å². The van der Waals surface area contributed by atoms with Crippen LogP contribution in [0.3, 0.4) is 0 Å². The minimum absolute atomic E-state index is 0.0275. The predicted octanol–water partition coefficient (Wildman–Crippen LogP) is 0.582. The van der Waals surface area contributed by atoms with Crippen LogP contribution in [0.5, 0.6) is 0 Å². The smallest absolute Gasteiger partial charge is 0.300 e. The molecule has 4 nitrogen and oxygen atoms in total. The molecule has 1 aliphatic carbocycles. The molecule has 82 valence electrons. The Labute approximate surface area is 83.6 Å². The zero-order chi connectivity index (χ0) is 11.1. The van der Waals surface area contributed by atoms with E-state index in [-0.39, 0.29) is 6.54 Å². The molecule has 6 heteroatoms. The van der Waals surface area contributed by atoms with Gasteiger partial charge in [-0.2, -0.15) is 0 Å². The first-order valence-corrected chi connectivity index (χ1v) is 4.61. The molecular weight excluding hydrogens is 206 g/mol. The molecule has 0 amide bonds. The lowest BCUT2D eigenvalue weighted by atomic mass is 10.1. The van der Waals surface area contributed by atoms with Gasteiger partial charge >= 0.3 is 5.69 Å². The summed E-state index contributed by atoms with van der Waals surface area (Å²) in [5, 5.41) is 0. The number of hydrogen-bond acceptors (Lipinski definition) is 2. The van der Waals surface area contributed by atoms with Crippen molar-refractivity contribution >= 4 is 0 Å². The van der Waals surface area contributed by atoms with Crippen molar-refractivity contribution in [1.82, 2.24) is 9.55 Å². The van der Waals surface area contributed by atoms with Gasteiger partial charge < -0.3 is 0 Å². The summed E-state index contributed by atoms with van der Waals surface area (Å²) in [4.78, 5) is 24.0. The standard InChI is InChI=1S/C9H10F2N2O2/c10-7(11)9(2-3-9)5-13-4-1-6(14)12-8(13)15/h1,4,7H,2-3,5H2,(H,12,14,15). The molecule has 1 fully saturated rings. The third-order valence-corrected chi connectivity index (χ3v) is 2.74. The minimum Gasteiger partial charge on any atom is -0.300 e. The molecule has 0 spiro atoms. The van der Waals surface area contributed by atoms with Crippen molar-refractivity contribution in [3.8, 4) is 0 Å². The maximum Gasteiger partial charge on any atom is 0.328 e. The largest absolute Gasteiger partial charge is 0.328 e. The van der Waals surface area contributed by atoms with Crippen LogP contribution in [0.4, 0.5) is 8.78 Å². The van der Waals surface area contributed by atoms with Crippen LogP contribution < -0.4 is 11.2 Å². The molecule has 1 N–H and O–H groups in total. The van der Waals surface area contributed by atoms with Crippen LogP contribution in [0.15, 0.2) is 21.9 Å². The van der Waals surface area contributed by atoms with E-state index in [1.165, 1.54) is 6.20 Å². The monoisotopic (exact) mass is 216 g/mol. The Kier molecular flexibility index (Phi) is 2.21. The van der Waals surface area contributed by atoms with Gasteiger partial charge in [-0.1, -0.05) is 0 Å². The van der Waals surface area contributed by atoms with Crippen molar-refractivity contribution in [2.75, 3.05) is 0 Å². The number of alkyl halides is 2. The Hall–Kier alpha value is -1.46. The zero-order valence-electron chi connectivity index (χ0n) is 7.87. The second-order valence-electron chi connectivity index (χ2n) is 3.90. The summed E-state index contributed by atoms with van der Waals surface area (Å²) in [6.07, 6.45) is -0.313. The Morgan fingerprint density at radius 2 is 2.13 bits per heavy atom. The van der Waals surface area contributed by atoms with Gasteiger partial charge in [0.05, 0.1) is 0 Å². The molecule has 1 aromatic rings. The first-order chi connectivity index (χ1) is 7.03. The summed E-state index contributed by atoms with van der Waals surface area (Å²) in [6, 6.07) is 1.16. The number of nitrogens with one attached hydrogen (secondary N) is 1. The van der Waals surface area contributed by atoms with Crippen molar-refractivity contribution in [3.05, 3.63) is 33.1 Å². The van der Waals surface area contributed by atoms with Crippen molar-refractivity contribution < 1.29 is 8.78 Å². The summed E-state index contributed by atoms with van der Waals surface area (Å²) >= 11 is 0. The topological polar surface area (TPSA) is 54.9 Å². The van der Waals surface area contributed by atoms with E-state index < -0.39 is 23.1 Å². The lowest BCUT2D eigenvalue weighted by Gasteiger charge is -2.14. The molecule has 1 aromatic heterocycles. The molecule has 0 aliphatic heterocycles. The molecular formula is C9H10F2N2O2. The van der Waals surface area contributed by atoms with Gasteiger partial charge in [-0.25, -0.2) is 13.6 Å². The van der Waals surface area contributed by atoms with Crippen LogP contribution in [-0.4, -0.2) is 16.0 Å². The first kappa shape index (κ1) is 10.1. The highest BCUT2D eigenvalue weighted by atomic mass is 19.3. The van der Waals surface area contributed by atoms with Crippen LogP contribution >= 0.6 is 0 Å². The molecule has 1 aliphatic rings. The predicted molar refractivity (Wildman–Crippen MR) is 49.0 cm³/mol. The van der Waals surface area contributed by atoms with Gasteiger partial charge in [-0.05, 0) is 12.8 Å². The fourth-order valence-electron chi connectivity index (χ4n) is 1.51. The first-order valence-electron chi connectivity index (χ1n) is 4.61. The molecule has 15 heavy (non-hydrogen) atoms. The number of halogens is 2. The second kappa shape index (κ2) is 3.29. The molecule has 0 saturated heterocycles. The SMILES string of the molecule is O=c1ccn(CC2(C(F)F)CC2)c(=O)[nH]1. The Bertz CT molecular complexity index is 473. The summed E-state index contributed by atoms with van der Waals surface area (Å²) < 4.78 is 26.3. The minimum atomic E-state index is -2.42. The highest BCUT2D eigenvalue weighted by Gasteiger charge is 2.51. The van der Waals surface area contributed by atoms with Crippen molar-refractivity contribution in [1.29, 1.82) is 0 Å². The molecule has 1 saturated carbocycles. The zero-order valence-corrected chi connectivity index (χ0v) is 7.87. The van der Waals surface area contributed by atoms with E-state index in [0.29, 0.717) is 12.8 Å². The van der Waals surface area contributed by atoms with Crippen LogP contribution in [0.2, 0.25) is 0 Å². The van der Waals surface area contributed by atoms with Crippen LogP contribution in [0, 0.1) is 5.41 Å². The van der Waals surface area contributed by atoms with Crippen molar-refractivity contribution in [3.63, 3.8) is 0 Å². The van der Waals surface area contributed by atoms with E-state index >= 15 is 0 Å². The van der Waals surface area contributed by atoms with Crippen LogP contribution in [-0.2, 0) is 6.54 Å². The molecule has 0 atom stereocenters. The average Bonchev–Trinajstić information content (AvgIpc) is 2.91. The van der Waals surface area contributed by atoms with E-state index in [2.05, 4.69) is 0 Å². The highest BCUT2D eigenvalue weighted by Crippen LogP contribution is 2.51. The third kappa shape index (κ3) is 1.84. The van der Waals surface area contributed by atoms with Gasteiger partial charge in [0, 0.05) is 24.2 Å². The van der Waals surface area contributed by atoms with Gasteiger partial charge in [0.2, 0.25) is 6.43 Å². The van der Waals surface area contributed by atoms with Crippen LogP contribution in [0.1, 0.15) is 12.8 Å². The van der Waals surface area contributed by atoms with Gasteiger partial charge in [-0.15, -0.1) is 0 Å². The lowest BCUT2D eigenvalue weighted by molar-refractivity contribution is 0.0503. The van der Waals surface area contributed by atoms with E-state index in [1.807, 2.05) is 4.98 Å². The number of aromatic nitrogens is 2. The van der Waals surface area contributed by atoms with Crippen molar-refractivity contribution in [2.24, 2.45) is 5.41 Å². The van der Waals surface area contributed by atoms with Gasteiger partial charge in [0.15, 0.2) is 0 Å². The van der Waals surface area contributed by atoms with Gasteiger partial charge in [0.1, 0.15) is 0 Å². The van der Waals surface area contributed by atoms with Gasteiger partial charge in [0.25, 0.3) is 5.56 Å². The summed E-state index contributed by atoms with van der Waals surface area (Å²) in [5.41, 5.74) is -2.20. The molecule has 1 heterocycles. The van der Waals surface area contributed by atoms with E-state index in [4.69, 9.17) is 0 Å². The second-order valence-corrected chi connectivity index (χ2v) is 3.90. The Morgan fingerprint density at radius 3 is 2.60 bits per heavy atom. The van der Waals surface area contributed by atoms with E-state index in [1.54, 1.807) is 0 Å². The number of hydrogen-bond donors (Lipinski definition) is 1. The third-order valence-electron chi connectivity index (χ3n) is 2.74. The molecule has 2 rings (SSSR count).